The van der Waals surface area contributed by atoms with Gasteiger partial charge in [-0.05, 0) is 18.2 Å². The van der Waals surface area contributed by atoms with Gasteiger partial charge in [0.05, 0.1) is 5.69 Å². The number of rotatable bonds is 2. The summed E-state index contributed by atoms with van der Waals surface area (Å²) in [5, 5.41) is 9.95. The molecule has 0 saturated carbocycles. The Morgan fingerprint density at radius 3 is 2.56 bits per heavy atom. The SMILES string of the molecule is O/C(=C\c1ccccn1)c1ccccc1Br. The zero-order valence-corrected chi connectivity index (χ0v) is 10.1. The van der Waals surface area contributed by atoms with Crippen LogP contribution in [0.25, 0.3) is 11.8 Å². The normalized spacial score (nSPS) is 11.4. The highest BCUT2D eigenvalue weighted by Gasteiger charge is 2.03. The zero-order chi connectivity index (χ0) is 11.4. The highest BCUT2D eigenvalue weighted by molar-refractivity contribution is 9.10. The van der Waals surface area contributed by atoms with E-state index in [9.17, 15) is 5.11 Å². The van der Waals surface area contributed by atoms with Gasteiger partial charge < -0.3 is 5.11 Å². The van der Waals surface area contributed by atoms with Gasteiger partial charge in [-0.2, -0.15) is 0 Å². The Kier molecular flexibility index (Phi) is 3.37. The van der Waals surface area contributed by atoms with Crippen molar-refractivity contribution in [3.63, 3.8) is 0 Å². The molecule has 0 aliphatic rings. The third kappa shape index (κ3) is 2.49. The van der Waals surface area contributed by atoms with Crippen LogP contribution in [0.15, 0.2) is 53.1 Å². The van der Waals surface area contributed by atoms with E-state index >= 15 is 0 Å². The van der Waals surface area contributed by atoms with E-state index in [1.807, 2.05) is 42.5 Å². The van der Waals surface area contributed by atoms with Gasteiger partial charge in [-0.1, -0.05) is 40.2 Å². The van der Waals surface area contributed by atoms with Crippen LogP contribution in [0.5, 0.6) is 0 Å². The van der Waals surface area contributed by atoms with Gasteiger partial charge in [-0.3, -0.25) is 4.98 Å². The molecule has 0 fully saturated rings. The van der Waals surface area contributed by atoms with E-state index in [1.165, 1.54) is 0 Å². The fraction of sp³-hybridized carbons (Fsp3) is 0. The molecular formula is C13H10BrNO. The molecule has 0 bridgehead atoms. The maximum Gasteiger partial charge on any atom is 0.126 e. The van der Waals surface area contributed by atoms with E-state index in [1.54, 1.807) is 12.3 Å². The van der Waals surface area contributed by atoms with E-state index in [0.717, 1.165) is 15.7 Å². The van der Waals surface area contributed by atoms with Gasteiger partial charge in [-0.15, -0.1) is 0 Å². The van der Waals surface area contributed by atoms with Crippen molar-refractivity contribution >= 4 is 27.8 Å². The van der Waals surface area contributed by atoms with Gasteiger partial charge in [-0.25, -0.2) is 0 Å². The molecule has 0 saturated heterocycles. The molecule has 0 spiro atoms. The number of nitrogens with zero attached hydrogens (tertiary/aromatic N) is 1. The number of hydrogen-bond acceptors (Lipinski definition) is 2. The quantitative estimate of drug-likeness (QED) is 0.844. The van der Waals surface area contributed by atoms with Crippen molar-refractivity contribution in [3.8, 4) is 0 Å². The molecule has 2 nitrogen and oxygen atoms in total. The summed E-state index contributed by atoms with van der Waals surface area (Å²) in [5.74, 6) is 0.200. The van der Waals surface area contributed by atoms with E-state index in [-0.39, 0.29) is 5.76 Å². The minimum atomic E-state index is 0.200. The molecule has 3 heteroatoms. The largest absolute Gasteiger partial charge is 0.507 e. The molecule has 1 heterocycles. The summed E-state index contributed by atoms with van der Waals surface area (Å²) in [7, 11) is 0. The summed E-state index contributed by atoms with van der Waals surface area (Å²) in [5.41, 5.74) is 1.49. The predicted molar refractivity (Wildman–Crippen MR) is 68.9 cm³/mol. The summed E-state index contributed by atoms with van der Waals surface area (Å²) in [6.07, 6.45) is 3.33. The second-order valence-electron chi connectivity index (χ2n) is 3.26. The second kappa shape index (κ2) is 4.94. The van der Waals surface area contributed by atoms with Crippen molar-refractivity contribution in [1.82, 2.24) is 4.98 Å². The third-order valence-electron chi connectivity index (χ3n) is 2.12. The average Bonchev–Trinajstić information content (AvgIpc) is 2.31. The number of hydrogen-bond donors (Lipinski definition) is 1. The number of pyridine rings is 1. The molecule has 0 atom stereocenters. The van der Waals surface area contributed by atoms with Crippen LogP contribution < -0.4 is 0 Å². The molecule has 1 aromatic carbocycles. The molecule has 0 aliphatic heterocycles. The first-order valence-corrected chi connectivity index (χ1v) is 5.63. The monoisotopic (exact) mass is 275 g/mol. The van der Waals surface area contributed by atoms with Gasteiger partial charge in [0.15, 0.2) is 0 Å². The fourth-order valence-corrected chi connectivity index (χ4v) is 1.84. The van der Waals surface area contributed by atoms with E-state index in [4.69, 9.17) is 0 Å². The molecule has 1 aromatic heterocycles. The first-order chi connectivity index (χ1) is 7.77. The zero-order valence-electron chi connectivity index (χ0n) is 8.47. The predicted octanol–water partition coefficient (Wildman–Crippen LogP) is 3.90. The standard InChI is InChI=1S/C13H10BrNO/c14-12-7-2-1-6-11(12)13(16)9-10-5-3-4-8-15-10/h1-9,16H/b13-9-. The summed E-state index contributed by atoms with van der Waals surface area (Å²) in [6, 6.07) is 13.1. The van der Waals surface area contributed by atoms with Crippen LogP contribution in [-0.4, -0.2) is 10.1 Å². The lowest BCUT2D eigenvalue weighted by Gasteiger charge is -2.02. The minimum Gasteiger partial charge on any atom is -0.507 e. The Labute approximate surface area is 102 Å². The molecule has 0 unspecified atom stereocenters. The topological polar surface area (TPSA) is 33.1 Å². The summed E-state index contributed by atoms with van der Waals surface area (Å²) in [6.45, 7) is 0. The third-order valence-corrected chi connectivity index (χ3v) is 2.81. The number of aliphatic hydroxyl groups is 1. The number of benzene rings is 1. The lowest BCUT2D eigenvalue weighted by Crippen LogP contribution is -1.86. The summed E-state index contributed by atoms with van der Waals surface area (Å²) >= 11 is 3.39. The van der Waals surface area contributed by atoms with Crippen molar-refractivity contribution in [2.75, 3.05) is 0 Å². The van der Waals surface area contributed by atoms with Gasteiger partial charge in [0.2, 0.25) is 0 Å². The molecular weight excluding hydrogens is 266 g/mol. The minimum absolute atomic E-state index is 0.200. The summed E-state index contributed by atoms with van der Waals surface area (Å²) < 4.78 is 0.861. The fourth-order valence-electron chi connectivity index (χ4n) is 1.35. The van der Waals surface area contributed by atoms with Crippen LogP contribution in [0.1, 0.15) is 11.3 Å². The molecule has 0 radical (unpaired) electrons. The Morgan fingerprint density at radius 2 is 1.88 bits per heavy atom. The average molecular weight is 276 g/mol. The molecule has 1 N–H and O–H groups in total. The lowest BCUT2D eigenvalue weighted by atomic mass is 10.1. The van der Waals surface area contributed by atoms with Crippen LogP contribution >= 0.6 is 15.9 Å². The van der Waals surface area contributed by atoms with E-state index in [0.29, 0.717) is 0 Å². The van der Waals surface area contributed by atoms with Gasteiger partial charge in [0, 0.05) is 22.3 Å². The van der Waals surface area contributed by atoms with Crippen LogP contribution in [-0.2, 0) is 0 Å². The molecule has 80 valence electrons. The molecule has 0 aliphatic carbocycles. The van der Waals surface area contributed by atoms with Crippen LogP contribution in [0.3, 0.4) is 0 Å². The molecule has 2 aromatic rings. The van der Waals surface area contributed by atoms with Crippen molar-refractivity contribution in [3.05, 3.63) is 64.4 Å². The van der Waals surface area contributed by atoms with Crippen molar-refractivity contribution < 1.29 is 5.11 Å². The van der Waals surface area contributed by atoms with Crippen LogP contribution in [0.4, 0.5) is 0 Å². The Bertz CT molecular complexity index is 508. The number of aliphatic hydroxyl groups excluding tert-OH is 1. The van der Waals surface area contributed by atoms with Crippen molar-refractivity contribution in [2.24, 2.45) is 0 Å². The van der Waals surface area contributed by atoms with E-state index in [2.05, 4.69) is 20.9 Å². The van der Waals surface area contributed by atoms with Gasteiger partial charge in [0.1, 0.15) is 5.76 Å². The first-order valence-electron chi connectivity index (χ1n) is 4.84. The highest BCUT2D eigenvalue weighted by atomic mass is 79.9. The Morgan fingerprint density at radius 1 is 1.12 bits per heavy atom. The number of halogens is 1. The maximum atomic E-state index is 9.95. The second-order valence-corrected chi connectivity index (χ2v) is 4.12. The van der Waals surface area contributed by atoms with Crippen molar-refractivity contribution in [1.29, 1.82) is 0 Å². The van der Waals surface area contributed by atoms with Gasteiger partial charge in [0.25, 0.3) is 0 Å². The summed E-state index contributed by atoms with van der Waals surface area (Å²) in [4.78, 5) is 4.12. The van der Waals surface area contributed by atoms with Crippen LogP contribution in [0, 0.1) is 0 Å². The molecule has 16 heavy (non-hydrogen) atoms. The maximum absolute atomic E-state index is 9.95. The Hall–Kier alpha value is -1.61. The molecule has 2 rings (SSSR count). The smallest absolute Gasteiger partial charge is 0.126 e. The van der Waals surface area contributed by atoms with Gasteiger partial charge >= 0.3 is 0 Å². The van der Waals surface area contributed by atoms with Crippen molar-refractivity contribution in [2.45, 2.75) is 0 Å². The first kappa shape index (κ1) is 10.9. The lowest BCUT2D eigenvalue weighted by molar-refractivity contribution is 0.515. The van der Waals surface area contributed by atoms with E-state index < -0.39 is 0 Å². The molecule has 0 amide bonds. The van der Waals surface area contributed by atoms with Crippen LogP contribution in [0.2, 0.25) is 0 Å². The Balaban J connectivity index is 2.36. The highest BCUT2D eigenvalue weighted by Crippen LogP contribution is 2.23. The number of aromatic nitrogens is 1.